The third kappa shape index (κ3) is 2.51. The lowest BCUT2D eigenvalue weighted by Crippen LogP contribution is -2.27. The van der Waals surface area contributed by atoms with Crippen molar-refractivity contribution in [3.63, 3.8) is 0 Å². The molecule has 0 N–H and O–H groups in total. The van der Waals surface area contributed by atoms with Crippen molar-refractivity contribution in [2.75, 3.05) is 18.4 Å². The lowest BCUT2D eigenvalue weighted by atomic mass is 9.97. The Morgan fingerprint density at radius 3 is 2.57 bits per heavy atom. The molecule has 0 aliphatic carbocycles. The number of carbonyl (C=O) groups excluding carboxylic acids is 1. The van der Waals surface area contributed by atoms with Gasteiger partial charge in [-0.15, -0.1) is 0 Å². The number of aliphatic imine (C=N–C) groups is 1. The van der Waals surface area contributed by atoms with Crippen molar-refractivity contribution in [3.8, 4) is 0 Å². The molecule has 1 heterocycles. The average molecular weight is 341 g/mol. The number of benzodiazepines with no additional fused rings is 1. The molecule has 2 aromatic rings. The van der Waals surface area contributed by atoms with Crippen molar-refractivity contribution in [1.82, 2.24) is 0 Å². The van der Waals surface area contributed by atoms with Crippen LogP contribution < -0.4 is 4.90 Å². The van der Waals surface area contributed by atoms with Crippen LogP contribution in [-0.4, -0.2) is 25.1 Å². The summed E-state index contributed by atoms with van der Waals surface area (Å²) < 4.78 is 51.7. The number of rotatable bonds is 1. The highest BCUT2D eigenvalue weighted by Crippen LogP contribution is 2.35. The van der Waals surface area contributed by atoms with Gasteiger partial charge in [-0.05, 0) is 30.7 Å². The standard InChI is InChI=1S/C17H13ClF2N2O/c1-9-6-7-12-15(16(9)18)17(21-8-13(23)22(12)2)14-10(19)4-3-5-11(14)20/h3-7H,8H2,1-2H3/i2T3. The van der Waals surface area contributed by atoms with Crippen LogP contribution in [0.2, 0.25) is 5.02 Å². The molecule has 0 saturated heterocycles. The highest BCUT2D eigenvalue weighted by atomic mass is 35.5. The van der Waals surface area contributed by atoms with Gasteiger partial charge in [-0.3, -0.25) is 9.79 Å². The van der Waals surface area contributed by atoms with Crippen LogP contribution in [-0.2, 0) is 4.79 Å². The number of hydrogen-bond donors (Lipinski definition) is 0. The molecule has 0 spiro atoms. The molecule has 0 bridgehead atoms. The average Bonchev–Trinajstić information content (AvgIpc) is 2.68. The predicted octanol–water partition coefficient (Wildman–Crippen LogP) is 3.74. The molecule has 0 atom stereocenters. The van der Waals surface area contributed by atoms with Gasteiger partial charge in [0.25, 0.3) is 0 Å². The van der Waals surface area contributed by atoms with Crippen molar-refractivity contribution in [3.05, 3.63) is 63.7 Å². The number of benzene rings is 2. The third-order valence-corrected chi connectivity index (χ3v) is 4.10. The monoisotopic (exact) mass is 340 g/mol. The van der Waals surface area contributed by atoms with Gasteiger partial charge in [0, 0.05) is 16.7 Å². The van der Waals surface area contributed by atoms with E-state index in [0.717, 1.165) is 12.1 Å². The normalized spacial score (nSPS) is 16.9. The van der Waals surface area contributed by atoms with E-state index >= 15 is 0 Å². The van der Waals surface area contributed by atoms with Gasteiger partial charge >= 0.3 is 0 Å². The van der Waals surface area contributed by atoms with E-state index in [-0.39, 0.29) is 22.0 Å². The fourth-order valence-electron chi connectivity index (χ4n) is 2.44. The minimum Gasteiger partial charge on any atom is -0.313 e. The van der Waals surface area contributed by atoms with E-state index in [4.69, 9.17) is 15.7 Å². The molecule has 3 rings (SSSR count). The Labute approximate surface area is 141 Å². The van der Waals surface area contributed by atoms with Gasteiger partial charge in [-0.25, -0.2) is 8.78 Å². The summed E-state index contributed by atoms with van der Waals surface area (Å²) >= 11 is 6.35. The Bertz CT molecular complexity index is 924. The van der Waals surface area contributed by atoms with Crippen LogP contribution in [0.3, 0.4) is 0 Å². The second kappa shape index (κ2) is 5.74. The topological polar surface area (TPSA) is 32.7 Å². The Hall–Kier alpha value is -2.27. The Morgan fingerprint density at radius 2 is 1.91 bits per heavy atom. The molecule has 1 amide bonds. The molecule has 0 saturated carbocycles. The SMILES string of the molecule is [3H]C([3H])([3H])N1C(=O)CN=C(c2c(F)cccc2F)c2c1ccc(C)c2Cl. The molecular formula is C17H13ClF2N2O. The van der Waals surface area contributed by atoms with Gasteiger partial charge in [0.05, 0.1) is 22.0 Å². The van der Waals surface area contributed by atoms with E-state index in [0.29, 0.717) is 10.5 Å². The second-order valence-electron chi connectivity index (χ2n) is 5.08. The van der Waals surface area contributed by atoms with Crippen LogP contribution in [0.25, 0.3) is 0 Å². The van der Waals surface area contributed by atoms with Crippen LogP contribution in [0.4, 0.5) is 14.5 Å². The highest BCUT2D eigenvalue weighted by molar-refractivity contribution is 6.38. The van der Waals surface area contributed by atoms with Gasteiger partial charge in [0.1, 0.15) is 18.2 Å². The number of amides is 1. The van der Waals surface area contributed by atoms with Crippen molar-refractivity contribution in [2.45, 2.75) is 6.92 Å². The number of fused-ring (bicyclic) bond motifs is 1. The maximum Gasteiger partial charge on any atom is 0.248 e. The molecule has 2 aromatic carbocycles. The number of hydrogen-bond acceptors (Lipinski definition) is 2. The molecule has 0 aromatic heterocycles. The summed E-state index contributed by atoms with van der Waals surface area (Å²) in [5, 5.41) is 0.0767. The summed E-state index contributed by atoms with van der Waals surface area (Å²) in [6.45, 7) is -1.72. The zero-order valence-corrected chi connectivity index (χ0v) is 12.8. The molecule has 0 fully saturated rings. The molecular weight excluding hydrogens is 322 g/mol. The second-order valence-corrected chi connectivity index (χ2v) is 5.46. The zero-order valence-electron chi connectivity index (χ0n) is 15.0. The van der Waals surface area contributed by atoms with Crippen molar-refractivity contribution < 1.29 is 17.7 Å². The molecule has 1 aliphatic rings. The smallest absolute Gasteiger partial charge is 0.248 e. The van der Waals surface area contributed by atoms with Gasteiger partial charge < -0.3 is 4.90 Å². The first kappa shape index (κ1) is 12.2. The van der Waals surface area contributed by atoms with Crippen molar-refractivity contribution in [1.29, 1.82) is 0 Å². The fourth-order valence-corrected chi connectivity index (χ4v) is 2.69. The zero-order chi connectivity index (χ0) is 19.2. The summed E-state index contributed by atoms with van der Waals surface area (Å²) in [5.74, 6) is -2.60. The van der Waals surface area contributed by atoms with Gasteiger partial charge in [0.2, 0.25) is 5.91 Å². The lowest BCUT2D eigenvalue weighted by molar-refractivity contribution is -0.116. The molecule has 1 aliphatic heterocycles. The molecule has 0 unspecified atom stereocenters. The Balaban J connectivity index is 2.39. The van der Waals surface area contributed by atoms with Crippen molar-refractivity contribution >= 4 is 28.9 Å². The lowest BCUT2D eigenvalue weighted by Gasteiger charge is -2.20. The number of nitrogens with zero attached hydrogens (tertiary/aromatic N) is 2. The number of likely N-dealkylation sites (N-methyl/N-ethyl adjacent to an activating group) is 1. The summed E-state index contributed by atoms with van der Waals surface area (Å²) in [4.78, 5) is 17.0. The van der Waals surface area contributed by atoms with E-state index in [1.807, 2.05) is 0 Å². The number of halogens is 3. The first-order valence-electron chi connectivity index (χ1n) is 8.24. The van der Waals surface area contributed by atoms with Crippen LogP contribution in [0, 0.1) is 18.6 Å². The van der Waals surface area contributed by atoms with Crippen molar-refractivity contribution in [2.24, 2.45) is 4.99 Å². The van der Waals surface area contributed by atoms with Crippen LogP contribution in [0.5, 0.6) is 0 Å². The van der Waals surface area contributed by atoms with E-state index in [9.17, 15) is 13.6 Å². The Kier molecular flexibility index (Phi) is 3.04. The molecule has 6 heteroatoms. The first-order chi connectivity index (χ1) is 12.1. The van der Waals surface area contributed by atoms with E-state index < -0.39 is 36.6 Å². The predicted molar refractivity (Wildman–Crippen MR) is 86.5 cm³/mol. The number of aryl methyl sites for hydroxylation is 1. The first-order valence-corrected chi connectivity index (χ1v) is 7.12. The van der Waals surface area contributed by atoms with Crippen LogP contribution in [0.1, 0.15) is 20.8 Å². The quantitative estimate of drug-likeness (QED) is 0.778. The van der Waals surface area contributed by atoms with Crippen LogP contribution in [0.15, 0.2) is 35.3 Å². The van der Waals surface area contributed by atoms with E-state index in [1.165, 1.54) is 18.2 Å². The maximum absolute atomic E-state index is 14.3. The summed E-state index contributed by atoms with van der Waals surface area (Å²) in [6, 6.07) is 6.23. The largest absolute Gasteiger partial charge is 0.313 e. The molecule has 3 nitrogen and oxygen atoms in total. The van der Waals surface area contributed by atoms with E-state index in [2.05, 4.69) is 4.99 Å². The van der Waals surface area contributed by atoms with Gasteiger partial charge in [-0.2, -0.15) is 0 Å². The summed E-state index contributed by atoms with van der Waals surface area (Å²) in [5.41, 5.74) is -0.150. The summed E-state index contributed by atoms with van der Waals surface area (Å²) in [7, 11) is 0. The number of anilines is 1. The molecule has 23 heavy (non-hydrogen) atoms. The minimum atomic E-state index is -2.80. The minimum absolute atomic E-state index is 0.0117. The Morgan fingerprint density at radius 1 is 1.22 bits per heavy atom. The van der Waals surface area contributed by atoms with Gasteiger partial charge in [-0.1, -0.05) is 23.7 Å². The third-order valence-electron chi connectivity index (χ3n) is 3.61. The maximum atomic E-state index is 14.3. The number of carbonyl (C=O) groups is 1. The fraction of sp³-hybridized carbons (Fsp3) is 0.176. The van der Waals surface area contributed by atoms with Crippen LogP contribution >= 0.6 is 11.6 Å². The molecule has 0 radical (unpaired) electrons. The van der Waals surface area contributed by atoms with Gasteiger partial charge in [0.15, 0.2) is 0 Å². The highest BCUT2D eigenvalue weighted by Gasteiger charge is 2.28. The van der Waals surface area contributed by atoms with E-state index in [1.54, 1.807) is 6.92 Å². The summed E-state index contributed by atoms with van der Waals surface area (Å²) in [6.07, 6.45) is 0. The molecule has 118 valence electrons.